The van der Waals surface area contributed by atoms with E-state index in [1.54, 1.807) is 13.3 Å². The van der Waals surface area contributed by atoms with Gasteiger partial charge in [-0.25, -0.2) is 4.98 Å². The second-order valence-corrected chi connectivity index (χ2v) is 5.25. The Morgan fingerprint density at radius 3 is 2.76 bits per heavy atom. The zero-order chi connectivity index (χ0) is 15.2. The summed E-state index contributed by atoms with van der Waals surface area (Å²) in [6.45, 7) is 4.58. The molecule has 1 heterocycles. The number of hydrogen-bond acceptors (Lipinski definition) is 4. The molecule has 1 N–H and O–H groups in total. The Bertz CT molecular complexity index is 603. The molecule has 2 aromatic rings. The Labute approximate surface area is 130 Å². The zero-order valence-corrected chi connectivity index (χ0v) is 13.1. The molecule has 0 spiro atoms. The van der Waals surface area contributed by atoms with E-state index in [9.17, 15) is 0 Å². The van der Waals surface area contributed by atoms with E-state index >= 15 is 0 Å². The highest BCUT2D eigenvalue weighted by Crippen LogP contribution is 2.26. The molecule has 1 aromatic carbocycles. The number of nitrogens with zero attached hydrogens (tertiary/aromatic N) is 1. The fraction of sp³-hybridized carbons (Fsp3) is 0.312. The van der Waals surface area contributed by atoms with Gasteiger partial charge in [-0.3, -0.25) is 0 Å². The normalized spacial score (nSPS) is 10.5. The van der Waals surface area contributed by atoms with E-state index in [4.69, 9.17) is 21.1 Å². The quantitative estimate of drug-likeness (QED) is 0.871. The molecule has 0 bridgehead atoms. The van der Waals surface area contributed by atoms with Crippen molar-refractivity contribution in [1.29, 1.82) is 0 Å². The molecule has 0 saturated carbocycles. The Kier molecular flexibility index (Phi) is 5.28. The molecule has 0 amide bonds. The molecule has 21 heavy (non-hydrogen) atoms. The van der Waals surface area contributed by atoms with Gasteiger partial charge in [0.05, 0.1) is 23.9 Å². The van der Waals surface area contributed by atoms with Crippen LogP contribution in [0.4, 0.5) is 5.69 Å². The lowest BCUT2D eigenvalue weighted by atomic mass is 10.2. The minimum Gasteiger partial charge on any atom is -0.495 e. The molecule has 4 nitrogen and oxygen atoms in total. The van der Waals surface area contributed by atoms with E-state index in [0.29, 0.717) is 23.2 Å². The minimum absolute atomic E-state index is 0.0795. The van der Waals surface area contributed by atoms with Crippen LogP contribution in [0.3, 0.4) is 0 Å². The fourth-order valence-electron chi connectivity index (χ4n) is 1.86. The van der Waals surface area contributed by atoms with Gasteiger partial charge in [0, 0.05) is 12.7 Å². The molecule has 0 unspecified atom stereocenters. The summed E-state index contributed by atoms with van der Waals surface area (Å²) in [5, 5.41) is 3.91. The van der Waals surface area contributed by atoms with Crippen LogP contribution >= 0.6 is 11.6 Å². The molecule has 0 saturated heterocycles. The van der Waals surface area contributed by atoms with Crippen molar-refractivity contribution in [2.75, 3.05) is 12.4 Å². The fourth-order valence-corrected chi connectivity index (χ4v) is 2.14. The number of ether oxygens (including phenoxy) is 2. The van der Waals surface area contributed by atoms with E-state index < -0.39 is 0 Å². The van der Waals surface area contributed by atoms with E-state index in [-0.39, 0.29) is 6.10 Å². The van der Waals surface area contributed by atoms with Gasteiger partial charge in [0.2, 0.25) is 5.88 Å². The molecule has 112 valence electrons. The maximum atomic E-state index is 6.12. The highest BCUT2D eigenvalue weighted by Gasteiger charge is 2.07. The summed E-state index contributed by atoms with van der Waals surface area (Å²) in [6.07, 6.45) is 1.79. The molecule has 0 fully saturated rings. The third kappa shape index (κ3) is 4.26. The van der Waals surface area contributed by atoms with Crippen LogP contribution in [0.25, 0.3) is 0 Å². The summed E-state index contributed by atoms with van der Waals surface area (Å²) in [7, 11) is 1.60. The van der Waals surface area contributed by atoms with Gasteiger partial charge >= 0.3 is 0 Å². The second-order valence-electron chi connectivity index (χ2n) is 4.85. The van der Waals surface area contributed by atoms with Crippen LogP contribution in [-0.4, -0.2) is 18.2 Å². The van der Waals surface area contributed by atoms with Crippen LogP contribution in [0, 0.1) is 0 Å². The van der Waals surface area contributed by atoms with Crippen molar-refractivity contribution in [3.8, 4) is 11.6 Å². The summed E-state index contributed by atoms with van der Waals surface area (Å²) in [4.78, 5) is 4.25. The topological polar surface area (TPSA) is 43.4 Å². The van der Waals surface area contributed by atoms with Gasteiger partial charge in [-0.2, -0.15) is 0 Å². The third-order valence-electron chi connectivity index (χ3n) is 2.82. The van der Waals surface area contributed by atoms with Crippen molar-refractivity contribution in [3.63, 3.8) is 0 Å². The van der Waals surface area contributed by atoms with Crippen LogP contribution in [0.1, 0.15) is 19.4 Å². The Morgan fingerprint density at radius 1 is 1.29 bits per heavy atom. The third-order valence-corrected chi connectivity index (χ3v) is 3.11. The van der Waals surface area contributed by atoms with Crippen molar-refractivity contribution < 1.29 is 9.47 Å². The van der Waals surface area contributed by atoms with Gasteiger partial charge in [-0.05, 0) is 43.7 Å². The van der Waals surface area contributed by atoms with Gasteiger partial charge in [-0.15, -0.1) is 0 Å². The molecule has 0 aliphatic carbocycles. The molecular formula is C16H19ClN2O2. The summed E-state index contributed by atoms with van der Waals surface area (Å²) in [5.74, 6) is 1.28. The average Bonchev–Trinajstić information content (AvgIpc) is 2.46. The predicted octanol–water partition coefficient (Wildman–Crippen LogP) is 4.14. The van der Waals surface area contributed by atoms with Gasteiger partial charge in [0.1, 0.15) is 5.75 Å². The molecule has 0 radical (unpaired) electrons. The van der Waals surface area contributed by atoms with E-state index in [2.05, 4.69) is 10.3 Å². The van der Waals surface area contributed by atoms with Gasteiger partial charge in [0.25, 0.3) is 0 Å². The first-order valence-electron chi connectivity index (χ1n) is 6.78. The summed E-state index contributed by atoms with van der Waals surface area (Å²) in [5.41, 5.74) is 1.92. The van der Waals surface area contributed by atoms with Crippen LogP contribution in [0.5, 0.6) is 11.6 Å². The van der Waals surface area contributed by atoms with Crippen LogP contribution < -0.4 is 14.8 Å². The molecule has 0 atom stereocenters. The van der Waals surface area contributed by atoms with E-state index in [0.717, 1.165) is 11.3 Å². The maximum Gasteiger partial charge on any atom is 0.237 e. The van der Waals surface area contributed by atoms with Crippen molar-refractivity contribution in [1.82, 2.24) is 4.98 Å². The largest absolute Gasteiger partial charge is 0.495 e. The second kappa shape index (κ2) is 7.18. The Balaban J connectivity index is 2.08. The van der Waals surface area contributed by atoms with Crippen molar-refractivity contribution in [3.05, 3.63) is 47.1 Å². The number of anilines is 1. The summed E-state index contributed by atoms with van der Waals surface area (Å²) >= 11 is 6.12. The number of aromatic nitrogens is 1. The first-order valence-corrected chi connectivity index (χ1v) is 7.16. The van der Waals surface area contributed by atoms with Crippen LogP contribution in [0.15, 0.2) is 36.5 Å². The number of hydrogen-bond donors (Lipinski definition) is 1. The number of benzene rings is 1. The molecule has 1 aromatic heterocycles. The molecule has 2 rings (SSSR count). The average molecular weight is 307 g/mol. The SMILES string of the molecule is COc1ccc(CNc2cccnc2OC(C)C)cc1Cl. The monoisotopic (exact) mass is 306 g/mol. The van der Waals surface area contributed by atoms with Gasteiger partial charge < -0.3 is 14.8 Å². The minimum atomic E-state index is 0.0795. The predicted molar refractivity (Wildman–Crippen MR) is 85.3 cm³/mol. The van der Waals surface area contributed by atoms with E-state index in [1.807, 2.05) is 44.2 Å². The smallest absolute Gasteiger partial charge is 0.237 e. The van der Waals surface area contributed by atoms with Crippen LogP contribution in [-0.2, 0) is 6.54 Å². The zero-order valence-electron chi connectivity index (χ0n) is 12.4. The molecule has 0 aliphatic heterocycles. The first-order chi connectivity index (χ1) is 10.1. The molecule has 5 heteroatoms. The number of pyridine rings is 1. The first kappa shape index (κ1) is 15.4. The number of methoxy groups -OCH3 is 1. The highest BCUT2D eigenvalue weighted by atomic mass is 35.5. The lowest BCUT2D eigenvalue weighted by Crippen LogP contribution is -2.10. The number of rotatable bonds is 6. The highest BCUT2D eigenvalue weighted by molar-refractivity contribution is 6.32. The maximum absolute atomic E-state index is 6.12. The summed E-state index contributed by atoms with van der Waals surface area (Å²) in [6, 6.07) is 9.52. The lowest BCUT2D eigenvalue weighted by Gasteiger charge is -2.14. The van der Waals surface area contributed by atoms with E-state index in [1.165, 1.54) is 0 Å². The van der Waals surface area contributed by atoms with Crippen molar-refractivity contribution in [2.24, 2.45) is 0 Å². The van der Waals surface area contributed by atoms with Crippen molar-refractivity contribution >= 4 is 17.3 Å². The standard InChI is InChI=1S/C16H19ClN2O2/c1-11(2)21-16-14(5-4-8-18-16)19-10-12-6-7-15(20-3)13(17)9-12/h4-9,11,19H,10H2,1-3H3. The van der Waals surface area contributed by atoms with Crippen LogP contribution in [0.2, 0.25) is 5.02 Å². The molecule has 0 aliphatic rings. The molecular weight excluding hydrogens is 288 g/mol. The Morgan fingerprint density at radius 2 is 2.10 bits per heavy atom. The number of halogens is 1. The van der Waals surface area contributed by atoms with Crippen molar-refractivity contribution in [2.45, 2.75) is 26.5 Å². The summed E-state index contributed by atoms with van der Waals surface area (Å²) < 4.78 is 10.8. The Hall–Kier alpha value is -1.94. The van der Waals surface area contributed by atoms with Gasteiger partial charge in [-0.1, -0.05) is 17.7 Å². The van der Waals surface area contributed by atoms with Gasteiger partial charge in [0.15, 0.2) is 0 Å². The lowest BCUT2D eigenvalue weighted by molar-refractivity contribution is 0.234. The number of nitrogens with one attached hydrogen (secondary N) is 1.